The Morgan fingerprint density at radius 2 is 2.19 bits per heavy atom. The van der Waals surface area contributed by atoms with E-state index in [0.717, 1.165) is 0 Å². The van der Waals surface area contributed by atoms with Crippen LogP contribution in [0.15, 0.2) is 18.2 Å². The zero-order chi connectivity index (χ0) is 12.0. The molecule has 84 valence electrons. The monoisotopic (exact) mass is 219 g/mol. The number of carbonyl (C=O) groups excluding carboxylic acids is 1. The van der Waals surface area contributed by atoms with E-state index in [1.807, 2.05) is 0 Å². The van der Waals surface area contributed by atoms with Gasteiger partial charge in [0.05, 0.1) is 5.56 Å². The van der Waals surface area contributed by atoms with Crippen molar-refractivity contribution in [2.75, 3.05) is 6.54 Å². The number of phenolic OH excluding ortho intramolecular Hbond substituents is 2. The topological polar surface area (TPSA) is 69.6 Å². The summed E-state index contributed by atoms with van der Waals surface area (Å²) in [5.74, 6) is 1.32. The lowest BCUT2D eigenvalue weighted by Gasteiger charge is -2.06. The molecule has 0 unspecified atom stereocenters. The summed E-state index contributed by atoms with van der Waals surface area (Å²) in [4.78, 5) is 11.5. The van der Waals surface area contributed by atoms with Crippen LogP contribution < -0.4 is 5.32 Å². The van der Waals surface area contributed by atoms with Gasteiger partial charge in [0, 0.05) is 13.0 Å². The lowest BCUT2D eigenvalue weighted by molar-refractivity contribution is 0.0950. The Morgan fingerprint density at radius 1 is 1.44 bits per heavy atom. The fourth-order valence-electron chi connectivity index (χ4n) is 1.20. The van der Waals surface area contributed by atoms with E-state index < -0.39 is 11.7 Å². The first-order valence-electron chi connectivity index (χ1n) is 4.89. The maximum absolute atomic E-state index is 11.5. The van der Waals surface area contributed by atoms with E-state index in [9.17, 15) is 15.0 Å². The van der Waals surface area contributed by atoms with Crippen molar-refractivity contribution >= 4 is 5.91 Å². The Morgan fingerprint density at radius 3 is 2.88 bits per heavy atom. The number of benzene rings is 1. The van der Waals surface area contributed by atoms with Gasteiger partial charge >= 0.3 is 0 Å². The third-order valence-electron chi connectivity index (χ3n) is 2.04. The number of para-hydroxylation sites is 1. The van der Waals surface area contributed by atoms with Gasteiger partial charge in [-0.3, -0.25) is 4.79 Å². The highest BCUT2D eigenvalue weighted by Crippen LogP contribution is 2.27. The van der Waals surface area contributed by atoms with Crippen molar-refractivity contribution in [2.24, 2.45) is 0 Å². The van der Waals surface area contributed by atoms with Crippen molar-refractivity contribution < 1.29 is 15.0 Å². The number of hydrogen-bond donors (Lipinski definition) is 3. The van der Waals surface area contributed by atoms with Crippen molar-refractivity contribution in [2.45, 2.75) is 12.8 Å². The number of aromatic hydroxyl groups is 2. The maximum atomic E-state index is 11.5. The molecule has 3 N–H and O–H groups in total. The molecule has 0 fully saturated rings. The summed E-state index contributed by atoms with van der Waals surface area (Å²) >= 11 is 0. The van der Waals surface area contributed by atoms with Gasteiger partial charge in [-0.2, -0.15) is 0 Å². The van der Waals surface area contributed by atoms with E-state index >= 15 is 0 Å². The molecule has 0 saturated heterocycles. The maximum Gasteiger partial charge on any atom is 0.255 e. The highest BCUT2D eigenvalue weighted by atomic mass is 16.3. The molecule has 0 bridgehead atoms. The molecule has 0 aliphatic carbocycles. The number of carbonyl (C=O) groups is 1. The van der Waals surface area contributed by atoms with Crippen LogP contribution in [0, 0.1) is 12.3 Å². The number of terminal acetylenes is 1. The summed E-state index contributed by atoms with van der Waals surface area (Å²) in [7, 11) is 0. The van der Waals surface area contributed by atoms with Crippen LogP contribution in [0.3, 0.4) is 0 Å². The number of phenols is 2. The molecule has 0 heterocycles. The highest BCUT2D eigenvalue weighted by molar-refractivity contribution is 5.97. The Kier molecular flexibility index (Phi) is 4.22. The molecule has 0 spiro atoms. The van der Waals surface area contributed by atoms with Gasteiger partial charge < -0.3 is 15.5 Å². The first kappa shape index (κ1) is 11.9. The lowest BCUT2D eigenvalue weighted by atomic mass is 10.1. The molecule has 4 heteroatoms. The molecule has 1 aromatic rings. The van der Waals surface area contributed by atoms with Crippen LogP contribution >= 0.6 is 0 Å². The molecular weight excluding hydrogens is 206 g/mol. The summed E-state index contributed by atoms with van der Waals surface area (Å²) in [6.07, 6.45) is 6.34. The fraction of sp³-hybridized carbons (Fsp3) is 0.250. The summed E-state index contributed by atoms with van der Waals surface area (Å²) in [6.45, 7) is 0.443. The molecule has 1 rings (SSSR count). The van der Waals surface area contributed by atoms with Crippen LogP contribution in [0.2, 0.25) is 0 Å². The van der Waals surface area contributed by atoms with Gasteiger partial charge in [0.1, 0.15) is 0 Å². The molecule has 1 aromatic carbocycles. The standard InChI is InChI=1S/C12H13NO3/c1-2-3-4-8-13-12(16)9-6-5-7-10(14)11(9)15/h1,5-7,14-15H,3-4,8H2,(H,13,16). The van der Waals surface area contributed by atoms with Crippen LogP contribution in [0.1, 0.15) is 23.2 Å². The third-order valence-corrected chi connectivity index (χ3v) is 2.04. The minimum atomic E-state index is -0.426. The molecular formula is C12H13NO3. The molecule has 0 saturated carbocycles. The summed E-state index contributed by atoms with van der Waals surface area (Å²) in [5, 5.41) is 21.2. The largest absolute Gasteiger partial charge is 0.504 e. The number of hydrogen-bond acceptors (Lipinski definition) is 3. The predicted octanol–water partition coefficient (Wildman–Crippen LogP) is 1.24. The quantitative estimate of drug-likeness (QED) is 0.405. The van der Waals surface area contributed by atoms with Gasteiger partial charge in [-0.05, 0) is 18.6 Å². The molecule has 0 aliphatic rings. The minimum absolute atomic E-state index is 0.0562. The fourth-order valence-corrected chi connectivity index (χ4v) is 1.20. The third kappa shape index (κ3) is 2.92. The van der Waals surface area contributed by atoms with Crippen LogP contribution in [-0.2, 0) is 0 Å². The second-order valence-corrected chi connectivity index (χ2v) is 3.24. The molecule has 16 heavy (non-hydrogen) atoms. The Bertz CT molecular complexity index is 421. The van der Waals surface area contributed by atoms with E-state index in [4.69, 9.17) is 6.42 Å². The smallest absolute Gasteiger partial charge is 0.255 e. The number of amides is 1. The van der Waals surface area contributed by atoms with Gasteiger partial charge in [-0.25, -0.2) is 0 Å². The van der Waals surface area contributed by atoms with Gasteiger partial charge in [-0.1, -0.05) is 6.07 Å². The van der Waals surface area contributed by atoms with E-state index in [2.05, 4.69) is 11.2 Å². The number of nitrogens with one attached hydrogen (secondary N) is 1. The Balaban J connectivity index is 2.60. The normalized spacial score (nSPS) is 9.44. The van der Waals surface area contributed by atoms with E-state index in [1.54, 1.807) is 0 Å². The van der Waals surface area contributed by atoms with Crippen molar-refractivity contribution in [1.82, 2.24) is 5.32 Å². The van der Waals surface area contributed by atoms with Crippen molar-refractivity contribution in [3.05, 3.63) is 23.8 Å². The van der Waals surface area contributed by atoms with Crippen LogP contribution in [0.4, 0.5) is 0 Å². The molecule has 4 nitrogen and oxygen atoms in total. The SMILES string of the molecule is C#CCCCNC(=O)c1cccc(O)c1O. The van der Waals surface area contributed by atoms with Crippen molar-refractivity contribution in [3.63, 3.8) is 0 Å². The van der Waals surface area contributed by atoms with Gasteiger partial charge in [0.15, 0.2) is 11.5 Å². The van der Waals surface area contributed by atoms with Gasteiger partial charge in [0.25, 0.3) is 5.91 Å². The van der Waals surface area contributed by atoms with E-state index in [0.29, 0.717) is 19.4 Å². The molecule has 0 atom stereocenters. The first-order chi connectivity index (χ1) is 7.66. The minimum Gasteiger partial charge on any atom is -0.504 e. The average Bonchev–Trinajstić information content (AvgIpc) is 2.28. The number of unbranched alkanes of at least 4 members (excludes halogenated alkanes) is 1. The second-order valence-electron chi connectivity index (χ2n) is 3.24. The predicted molar refractivity (Wildman–Crippen MR) is 60.2 cm³/mol. The van der Waals surface area contributed by atoms with Crippen LogP contribution in [0.25, 0.3) is 0 Å². The Hall–Kier alpha value is -2.15. The molecule has 0 aliphatic heterocycles. The van der Waals surface area contributed by atoms with Gasteiger partial charge in [-0.15, -0.1) is 12.3 Å². The van der Waals surface area contributed by atoms with Crippen molar-refractivity contribution in [3.8, 4) is 23.8 Å². The Labute approximate surface area is 93.9 Å². The zero-order valence-electron chi connectivity index (χ0n) is 8.73. The molecule has 0 aromatic heterocycles. The average molecular weight is 219 g/mol. The lowest BCUT2D eigenvalue weighted by Crippen LogP contribution is -2.24. The van der Waals surface area contributed by atoms with E-state index in [-0.39, 0.29) is 11.3 Å². The summed E-state index contributed by atoms with van der Waals surface area (Å²) in [5.41, 5.74) is 0.0562. The molecule has 1 amide bonds. The van der Waals surface area contributed by atoms with Crippen LogP contribution in [-0.4, -0.2) is 22.7 Å². The summed E-state index contributed by atoms with van der Waals surface area (Å²) < 4.78 is 0. The van der Waals surface area contributed by atoms with Gasteiger partial charge in [0.2, 0.25) is 0 Å². The second kappa shape index (κ2) is 5.66. The highest BCUT2D eigenvalue weighted by Gasteiger charge is 2.12. The van der Waals surface area contributed by atoms with Crippen LogP contribution in [0.5, 0.6) is 11.5 Å². The summed E-state index contributed by atoms with van der Waals surface area (Å²) in [6, 6.07) is 4.24. The number of rotatable bonds is 4. The molecule has 0 radical (unpaired) electrons. The first-order valence-corrected chi connectivity index (χ1v) is 4.89. The van der Waals surface area contributed by atoms with Crippen molar-refractivity contribution in [1.29, 1.82) is 0 Å². The van der Waals surface area contributed by atoms with E-state index in [1.165, 1.54) is 18.2 Å². The zero-order valence-corrected chi connectivity index (χ0v) is 8.73.